The van der Waals surface area contributed by atoms with Gasteiger partial charge in [0.1, 0.15) is 5.75 Å². The van der Waals surface area contributed by atoms with E-state index >= 15 is 0 Å². The fourth-order valence-electron chi connectivity index (χ4n) is 1.41. The van der Waals surface area contributed by atoms with Gasteiger partial charge in [-0.05, 0) is 12.8 Å². The smallest absolute Gasteiger partial charge is 0.165 e. The molecule has 5 heteroatoms. The second kappa shape index (κ2) is 2.68. The molecule has 0 radical (unpaired) electrons. The molecule has 1 aromatic carbocycles. The highest BCUT2D eigenvalue weighted by Gasteiger charge is 2.47. The van der Waals surface area contributed by atoms with Gasteiger partial charge in [0.2, 0.25) is 0 Å². The Bertz CT molecular complexity index is 372. The average Bonchev–Trinajstić information content (AvgIpc) is 2.81. The lowest BCUT2D eigenvalue weighted by Gasteiger charge is -2.14. The Morgan fingerprint density at radius 2 is 1.71 bits per heavy atom. The zero-order valence-electron chi connectivity index (χ0n) is 7.16. The molecule has 0 bridgehead atoms. The Morgan fingerprint density at radius 3 is 2.21 bits per heavy atom. The monoisotopic (exact) mass is 216 g/mol. The topological polar surface area (TPSA) is 80.9 Å². The van der Waals surface area contributed by atoms with Crippen LogP contribution < -0.4 is 0 Å². The van der Waals surface area contributed by atoms with Crippen LogP contribution in [0.5, 0.6) is 17.2 Å². The molecule has 0 aromatic heterocycles. The number of benzene rings is 1. The van der Waals surface area contributed by atoms with E-state index in [9.17, 15) is 20.4 Å². The Labute approximate surface area is 85.0 Å². The second-order valence-electron chi connectivity index (χ2n) is 3.48. The van der Waals surface area contributed by atoms with Crippen molar-refractivity contribution in [3.8, 4) is 17.2 Å². The first-order valence-electron chi connectivity index (χ1n) is 4.12. The number of phenolic OH excluding ortho intramolecular Hbond substituents is 3. The molecule has 0 unspecified atom stereocenters. The van der Waals surface area contributed by atoms with Crippen molar-refractivity contribution in [2.75, 3.05) is 0 Å². The Hall–Kier alpha value is -1.13. The molecule has 1 aromatic rings. The minimum Gasteiger partial charge on any atom is -0.506 e. The van der Waals surface area contributed by atoms with Crippen molar-refractivity contribution in [3.63, 3.8) is 0 Å². The van der Waals surface area contributed by atoms with Gasteiger partial charge >= 0.3 is 0 Å². The summed E-state index contributed by atoms with van der Waals surface area (Å²) in [5.41, 5.74) is -1.19. The van der Waals surface area contributed by atoms with Crippen molar-refractivity contribution < 1.29 is 20.4 Å². The number of hydrogen-bond donors (Lipinski definition) is 4. The first-order valence-corrected chi connectivity index (χ1v) is 4.50. The van der Waals surface area contributed by atoms with Crippen molar-refractivity contribution in [1.29, 1.82) is 0 Å². The normalized spacial score (nSPS) is 18.1. The van der Waals surface area contributed by atoms with Gasteiger partial charge in [0.15, 0.2) is 11.5 Å². The average molecular weight is 217 g/mol. The van der Waals surface area contributed by atoms with E-state index in [2.05, 4.69) is 0 Å². The van der Waals surface area contributed by atoms with Crippen LogP contribution in [0.1, 0.15) is 18.4 Å². The van der Waals surface area contributed by atoms with Crippen LogP contribution in [0.15, 0.2) is 6.07 Å². The molecule has 2 rings (SSSR count). The molecule has 1 aliphatic rings. The Morgan fingerprint density at radius 1 is 1.14 bits per heavy atom. The van der Waals surface area contributed by atoms with E-state index in [0.717, 1.165) is 6.07 Å². The van der Waals surface area contributed by atoms with Gasteiger partial charge in [0, 0.05) is 6.07 Å². The molecule has 1 saturated carbocycles. The predicted molar refractivity (Wildman–Crippen MR) is 49.6 cm³/mol. The zero-order chi connectivity index (χ0) is 10.5. The third-order valence-corrected chi connectivity index (χ3v) is 2.77. The number of aromatic hydroxyl groups is 3. The molecule has 1 fully saturated rings. The van der Waals surface area contributed by atoms with E-state index in [1.165, 1.54) is 0 Å². The van der Waals surface area contributed by atoms with E-state index < -0.39 is 17.1 Å². The third-order valence-electron chi connectivity index (χ3n) is 2.39. The molecule has 0 heterocycles. The second-order valence-corrected chi connectivity index (χ2v) is 3.86. The number of rotatable bonds is 1. The lowest BCUT2D eigenvalue weighted by atomic mass is 10.1. The molecule has 4 N–H and O–H groups in total. The molecule has 0 amide bonds. The fraction of sp³-hybridized carbons (Fsp3) is 0.333. The first-order chi connectivity index (χ1) is 6.46. The lowest BCUT2D eigenvalue weighted by molar-refractivity contribution is 0.146. The first kappa shape index (κ1) is 9.43. The number of phenols is 3. The van der Waals surface area contributed by atoms with Gasteiger partial charge in [-0.2, -0.15) is 0 Å². The quantitative estimate of drug-likeness (QED) is 0.423. The highest BCUT2D eigenvalue weighted by molar-refractivity contribution is 6.33. The maximum absolute atomic E-state index is 9.74. The van der Waals surface area contributed by atoms with Gasteiger partial charge < -0.3 is 20.4 Å². The highest BCUT2D eigenvalue weighted by Crippen LogP contribution is 2.55. The molecule has 1 aliphatic carbocycles. The summed E-state index contributed by atoms with van der Waals surface area (Å²) in [6.07, 6.45) is 0.923. The van der Waals surface area contributed by atoms with E-state index in [1.54, 1.807) is 0 Å². The zero-order valence-corrected chi connectivity index (χ0v) is 7.91. The van der Waals surface area contributed by atoms with Crippen LogP contribution in [0.25, 0.3) is 0 Å². The molecule has 14 heavy (non-hydrogen) atoms. The Kier molecular flexibility index (Phi) is 1.81. The summed E-state index contributed by atoms with van der Waals surface area (Å²) in [5, 5.41) is 37.6. The van der Waals surface area contributed by atoms with Gasteiger partial charge in [-0.3, -0.25) is 0 Å². The van der Waals surface area contributed by atoms with Gasteiger partial charge in [-0.25, -0.2) is 0 Å². The summed E-state index contributed by atoms with van der Waals surface area (Å²) in [4.78, 5) is 0. The fourth-order valence-corrected chi connectivity index (χ4v) is 1.73. The molecular formula is C9H9ClO4. The standard InChI is InChI=1S/C9H9ClO4/c10-7-4(11)3-5(12)8(13)6(7)9(14)1-2-9/h3,11-14H,1-2H2. The van der Waals surface area contributed by atoms with Crippen molar-refractivity contribution in [1.82, 2.24) is 0 Å². The van der Waals surface area contributed by atoms with Gasteiger partial charge in [0.25, 0.3) is 0 Å². The molecule has 0 saturated heterocycles. The van der Waals surface area contributed by atoms with Crippen LogP contribution in [0, 0.1) is 0 Å². The van der Waals surface area contributed by atoms with Crippen LogP contribution in [0.2, 0.25) is 5.02 Å². The predicted octanol–water partition coefficient (Wildman–Crippen LogP) is 1.44. The van der Waals surface area contributed by atoms with Crippen LogP contribution in [0.3, 0.4) is 0 Å². The minimum absolute atomic E-state index is 0.0108. The van der Waals surface area contributed by atoms with E-state index in [0.29, 0.717) is 12.8 Å². The summed E-state index contributed by atoms with van der Waals surface area (Å²) in [7, 11) is 0. The number of aliphatic hydroxyl groups is 1. The molecular weight excluding hydrogens is 208 g/mol. The van der Waals surface area contributed by atoms with Crippen LogP contribution in [-0.2, 0) is 5.60 Å². The van der Waals surface area contributed by atoms with Gasteiger partial charge in [0.05, 0.1) is 16.2 Å². The summed E-state index contributed by atoms with van der Waals surface area (Å²) in [6, 6.07) is 0.937. The van der Waals surface area contributed by atoms with Crippen LogP contribution in [0.4, 0.5) is 0 Å². The summed E-state index contributed by atoms with van der Waals surface area (Å²) in [5.74, 6) is -1.30. The number of hydrogen-bond acceptors (Lipinski definition) is 4. The molecule has 0 aliphatic heterocycles. The van der Waals surface area contributed by atoms with Crippen molar-refractivity contribution >= 4 is 11.6 Å². The van der Waals surface area contributed by atoms with Crippen molar-refractivity contribution in [2.24, 2.45) is 0 Å². The summed E-state index contributed by atoms with van der Waals surface area (Å²) in [6.45, 7) is 0. The summed E-state index contributed by atoms with van der Waals surface area (Å²) < 4.78 is 0. The van der Waals surface area contributed by atoms with E-state index in [1.807, 2.05) is 0 Å². The maximum atomic E-state index is 9.74. The SMILES string of the molecule is Oc1cc(O)c(Cl)c(C2(O)CC2)c1O. The van der Waals surface area contributed by atoms with Gasteiger partial charge in [-0.15, -0.1) is 0 Å². The van der Waals surface area contributed by atoms with E-state index in [-0.39, 0.29) is 16.3 Å². The van der Waals surface area contributed by atoms with Crippen LogP contribution in [-0.4, -0.2) is 20.4 Å². The molecule has 4 nitrogen and oxygen atoms in total. The van der Waals surface area contributed by atoms with E-state index in [4.69, 9.17) is 11.6 Å². The Balaban J connectivity index is 2.68. The summed E-state index contributed by atoms with van der Waals surface area (Å²) >= 11 is 5.71. The molecule has 0 spiro atoms. The highest BCUT2D eigenvalue weighted by atomic mass is 35.5. The van der Waals surface area contributed by atoms with Crippen molar-refractivity contribution in [2.45, 2.75) is 18.4 Å². The lowest BCUT2D eigenvalue weighted by Crippen LogP contribution is -2.05. The molecule has 76 valence electrons. The van der Waals surface area contributed by atoms with Crippen molar-refractivity contribution in [3.05, 3.63) is 16.7 Å². The minimum atomic E-state index is -1.20. The molecule has 0 atom stereocenters. The largest absolute Gasteiger partial charge is 0.506 e. The van der Waals surface area contributed by atoms with Gasteiger partial charge in [-0.1, -0.05) is 11.6 Å². The van der Waals surface area contributed by atoms with Crippen LogP contribution >= 0.6 is 11.6 Å². The maximum Gasteiger partial charge on any atom is 0.165 e. The third kappa shape index (κ3) is 1.19. The number of halogens is 1.